The quantitative estimate of drug-likeness (QED) is 0.784. The van der Waals surface area contributed by atoms with Gasteiger partial charge in [0.15, 0.2) is 0 Å². The third-order valence-electron chi connectivity index (χ3n) is 2.83. The topological polar surface area (TPSA) is 97.0 Å². The van der Waals surface area contributed by atoms with Gasteiger partial charge in [-0.05, 0) is 18.9 Å². The van der Waals surface area contributed by atoms with Gasteiger partial charge in [0.1, 0.15) is 0 Å². The molecule has 2 aromatic rings. The van der Waals surface area contributed by atoms with Gasteiger partial charge >= 0.3 is 0 Å². The van der Waals surface area contributed by atoms with Crippen LogP contribution in [-0.4, -0.2) is 37.9 Å². The maximum atomic E-state index is 9.44. The van der Waals surface area contributed by atoms with Gasteiger partial charge in [0, 0.05) is 18.9 Å². The van der Waals surface area contributed by atoms with Crippen LogP contribution >= 0.6 is 0 Å². The molecule has 0 amide bonds. The Balaban J connectivity index is 1.83. The van der Waals surface area contributed by atoms with Crippen LogP contribution in [0.5, 0.6) is 0 Å². The zero-order valence-corrected chi connectivity index (χ0v) is 9.87. The molecule has 94 valence electrons. The predicted molar refractivity (Wildman–Crippen MR) is 61.4 cm³/mol. The van der Waals surface area contributed by atoms with Crippen molar-refractivity contribution in [3.8, 4) is 11.6 Å². The molecule has 0 aliphatic carbocycles. The lowest BCUT2D eigenvalue weighted by molar-refractivity contribution is 0.191. The Bertz CT molecular complexity index is 539. The lowest BCUT2D eigenvalue weighted by Crippen LogP contribution is -2.15. The standard InChI is InChI=1S/C11H13N5O2/c1-6-3-13-9(14-4-6)10-15-11(18-16-10)8-2-7(17)5-12-8/h3-4,7-8,12,17H,2,5H2,1H3. The van der Waals surface area contributed by atoms with Crippen molar-refractivity contribution >= 4 is 0 Å². The van der Waals surface area contributed by atoms with Crippen LogP contribution in [-0.2, 0) is 0 Å². The molecule has 0 saturated carbocycles. The number of β-amino-alcohol motifs (C(OH)–C–C–N with tert-alkyl or cyclic N) is 1. The van der Waals surface area contributed by atoms with Gasteiger partial charge < -0.3 is 14.9 Å². The molecule has 2 aromatic heterocycles. The van der Waals surface area contributed by atoms with Crippen molar-refractivity contribution in [2.24, 2.45) is 0 Å². The summed E-state index contributed by atoms with van der Waals surface area (Å²) in [7, 11) is 0. The van der Waals surface area contributed by atoms with E-state index in [9.17, 15) is 5.11 Å². The molecule has 7 heteroatoms. The van der Waals surface area contributed by atoms with E-state index in [0.717, 1.165) is 5.56 Å². The van der Waals surface area contributed by atoms with Gasteiger partial charge in [-0.25, -0.2) is 9.97 Å². The molecule has 7 nitrogen and oxygen atoms in total. The van der Waals surface area contributed by atoms with Crippen molar-refractivity contribution in [3.05, 3.63) is 23.8 Å². The fraction of sp³-hybridized carbons (Fsp3) is 0.455. The van der Waals surface area contributed by atoms with E-state index in [1.165, 1.54) is 0 Å². The minimum absolute atomic E-state index is 0.0910. The van der Waals surface area contributed by atoms with Crippen molar-refractivity contribution in [3.63, 3.8) is 0 Å². The Morgan fingerprint density at radius 2 is 2.11 bits per heavy atom. The van der Waals surface area contributed by atoms with Crippen molar-refractivity contribution in [2.45, 2.75) is 25.5 Å². The Morgan fingerprint density at radius 3 is 2.78 bits per heavy atom. The lowest BCUT2D eigenvalue weighted by atomic mass is 10.2. The first-order valence-corrected chi connectivity index (χ1v) is 5.76. The first-order chi connectivity index (χ1) is 8.72. The van der Waals surface area contributed by atoms with Crippen LogP contribution < -0.4 is 5.32 Å². The van der Waals surface area contributed by atoms with Crippen LogP contribution in [0.2, 0.25) is 0 Å². The second-order valence-electron chi connectivity index (χ2n) is 4.39. The summed E-state index contributed by atoms with van der Waals surface area (Å²) in [5.74, 6) is 1.27. The molecule has 0 radical (unpaired) electrons. The molecule has 1 aliphatic rings. The zero-order valence-electron chi connectivity index (χ0n) is 9.87. The number of hydrogen-bond acceptors (Lipinski definition) is 7. The highest BCUT2D eigenvalue weighted by atomic mass is 16.5. The highest BCUT2D eigenvalue weighted by Gasteiger charge is 2.28. The van der Waals surface area contributed by atoms with Gasteiger partial charge in [0.2, 0.25) is 17.5 Å². The molecule has 1 saturated heterocycles. The number of nitrogens with one attached hydrogen (secondary N) is 1. The summed E-state index contributed by atoms with van der Waals surface area (Å²) in [6.45, 7) is 2.46. The molecule has 1 aliphatic heterocycles. The number of aliphatic hydroxyl groups is 1. The number of aryl methyl sites for hydroxylation is 1. The van der Waals surface area contributed by atoms with Gasteiger partial charge in [0.25, 0.3) is 0 Å². The molecule has 2 unspecified atom stereocenters. The van der Waals surface area contributed by atoms with Crippen LogP contribution in [0.4, 0.5) is 0 Å². The van der Waals surface area contributed by atoms with Gasteiger partial charge in [-0.15, -0.1) is 0 Å². The summed E-state index contributed by atoms with van der Waals surface area (Å²) < 4.78 is 5.17. The SMILES string of the molecule is Cc1cnc(-c2noc(C3CC(O)CN3)n2)nc1. The van der Waals surface area contributed by atoms with Gasteiger partial charge in [-0.2, -0.15) is 4.98 Å². The van der Waals surface area contributed by atoms with Crippen molar-refractivity contribution in [2.75, 3.05) is 6.54 Å². The van der Waals surface area contributed by atoms with Crippen molar-refractivity contribution in [1.29, 1.82) is 0 Å². The number of rotatable bonds is 2. The second kappa shape index (κ2) is 4.43. The first kappa shape index (κ1) is 11.2. The van der Waals surface area contributed by atoms with E-state index in [-0.39, 0.29) is 12.1 Å². The maximum Gasteiger partial charge on any atom is 0.244 e. The molecule has 18 heavy (non-hydrogen) atoms. The molecule has 2 N–H and O–H groups in total. The highest BCUT2D eigenvalue weighted by molar-refractivity contribution is 5.41. The average molecular weight is 247 g/mol. The number of aromatic nitrogens is 4. The van der Waals surface area contributed by atoms with Crippen molar-refractivity contribution in [1.82, 2.24) is 25.4 Å². The van der Waals surface area contributed by atoms with Crippen LogP contribution in [0.1, 0.15) is 23.9 Å². The predicted octanol–water partition coefficient (Wildman–Crippen LogP) is 0.230. The third-order valence-corrected chi connectivity index (χ3v) is 2.83. The maximum absolute atomic E-state index is 9.44. The Hall–Kier alpha value is -1.86. The molecule has 0 bridgehead atoms. The Morgan fingerprint density at radius 1 is 1.33 bits per heavy atom. The number of hydrogen-bond donors (Lipinski definition) is 2. The molecular formula is C11H13N5O2. The molecule has 2 atom stereocenters. The summed E-state index contributed by atoms with van der Waals surface area (Å²) in [5.41, 5.74) is 0.975. The molecule has 3 heterocycles. The molecular weight excluding hydrogens is 234 g/mol. The van der Waals surface area contributed by atoms with Gasteiger partial charge in [-0.1, -0.05) is 5.16 Å². The molecule has 0 aromatic carbocycles. The van der Waals surface area contributed by atoms with Crippen LogP contribution in [0.25, 0.3) is 11.6 Å². The van der Waals surface area contributed by atoms with E-state index in [4.69, 9.17) is 4.52 Å². The summed E-state index contributed by atoms with van der Waals surface area (Å²) in [5, 5.41) is 16.4. The summed E-state index contributed by atoms with van der Waals surface area (Å²) in [6.07, 6.45) is 3.63. The monoisotopic (exact) mass is 247 g/mol. The molecule has 1 fully saturated rings. The van der Waals surface area contributed by atoms with Crippen LogP contribution in [0.3, 0.4) is 0 Å². The third kappa shape index (κ3) is 2.09. The van der Waals surface area contributed by atoms with Gasteiger partial charge in [-0.3, -0.25) is 0 Å². The zero-order chi connectivity index (χ0) is 12.5. The molecule has 0 spiro atoms. The molecule has 3 rings (SSSR count). The first-order valence-electron chi connectivity index (χ1n) is 5.76. The summed E-state index contributed by atoms with van der Waals surface area (Å²) in [4.78, 5) is 12.5. The Labute approximate surface area is 103 Å². The summed E-state index contributed by atoms with van der Waals surface area (Å²) >= 11 is 0. The fourth-order valence-corrected chi connectivity index (χ4v) is 1.88. The van der Waals surface area contributed by atoms with Crippen molar-refractivity contribution < 1.29 is 9.63 Å². The number of aliphatic hydroxyl groups excluding tert-OH is 1. The van der Waals surface area contributed by atoms with E-state index in [0.29, 0.717) is 30.5 Å². The van der Waals surface area contributed by atoms with E-state index in [1.54, 1.807) is 12.4 Å². The largest absolute Gasteiger partial charge is 0.392 e. The van der Waals surface area contributed by atoms with E-state index in [2.05, 4.69) is 25.4 Å². The average Bonchev–Trinajstić information content (AvgIpc) is 2.98. The highest BCUT2D eigenvalue weighted by Crippen LogP contribution is 2.23. The van der Waals surface area contributed by atoms with E-state index < -0.39 is 0 Å². The minimum atomic E-state index is -0.360. The van der Waals surface area contributed by atoms with E-state index in [1.807, 2.05) is 6.92 Å². The normalized spacial score (nSPS) is 23.4. The lowest BCUT2D eigenvalue weighted by Gasteiger charge is -2.01. The second-order valence-corrected chi connectivity index (χ2v) is 4.39. The smallest absolute Gasteiger partial charge is 0.244 e. The summed E-state index contributed by atoms with van der Waals surface area (Å²) in [6, 6.07) is -0.0910. The fourth-order valence-electron chi connectivity index (χ4n) is 1.88. The van der Waals surface area contributed by atoms with Crippen LogP contribution in [0.15, 0.2) is 16.9 Å². The van der Waals surface area contributed by atoms with Crippen LogP contribution in [0, 0.1) is 6.92 Å². The Kier molecular flexibility index (Phi) is 2.77. The minimum Gasteiger partial charge on any atom is -0.392 e. The van der Waals surface area contributed by atoms with E-state index >= 15 is 0 Å². The number of nitrogens with zero attached hydrogens (tertiary/aromatic N) is 4. The van der Waals surface area contributed by atoms with Gasteiger partial charge in [0.05, 0.1) is 12.1 Å².